The molecule has 3 heterocycles. The van der Waals surface area contributed by atoms with E-state index in [1.807, 2.05) is 20.8 Å². The number of fused-ring (bicyclic) bond motifs is 7. The van der Waals surface area contributed by atoms with Gasteiger partial charge in [-0.1, -0.05) is 53.2 Å². The largest absolute Gasteiger partial charge is 0.481 e. The van der Waals surface area contributed by atoms with Gasteiger partial charge in [-0.3, -0.25) is 4.79 Å². The monoisotopic (exact) mass is 958 g/mol. The molecule has 0 bridgehead atoms. The average Bonchev–Trinajstić information content (AvgIpc) is 3.26. The Kier molecular flexibility index (Phi) is 13.8. The Labute approximate surface area is 389 Å². The zero-order chi connectivity index (χ0) is 49.1. The van der Waals surface area contributed by atoms with E-state index in [0.717, 1.165) is 18.4 Å². The number of rotatable bonds is 10. The highest BCUT2D eigenvalue weighted by molar-refractivity contribution is 5.76. The van der Waals surface area contributed by atoms with Crippen LogP contribution in [0.4, 0.5) is 0 Å². The summed E-state index contributed by atoms with van der Waals surface area (Å²) in [5, 5.41) is 127. The van der Waals surface area contributed by atoms with Crippen LogP contribution in [0.3, 0.4) is 0 Å². The van der Waals surface area contributed by atoms with Crippen molar-refractivity contribution in [2.24, 2.45) is 50.2 Å². The predicted octanol–water partition coefficient (Wildman–Crippen LogP) is -0.619. The highest BCUT2D eigenvalue weighted by atomic mass is 16.8. The summed E-state index contributed by atoms with van der Waals surface area (Å²) >= 11 is 0. The molecule has 0 spiro atoms. The molecule has 3 aliphatic heterocycles. The third kappa shape index (κ3) is 8.04. The van der Waals surface area contributed by atoms with Crippen LogP contribution in [0.2, 0.25) is 0 Å². The van der Waals surface area contributed by atoms with Gasteiger partial charge in [-0.2, -0.15) is 0 Å². The summed E-state index contributed by atoms with van der Waals surface area (Å²) in [6.07, 6.45) is -17.7. The van der Waals surface area contributed by atoms with Gasteiger partial charge in [-0.25, -0.2) is 4.79 Å². The van der Waals surface area contributed by atoms with Crippen LogP contribution in [0, 0.1) is 50.2 Å². The van der Waals surface area contributed by atoms with E-state index in [-0.39, 0.29) is 36.4 Å². The summed E-state index contributed by atoms with van der Waals surface area (Å²) in [4.78, 5) is 25.4. The average molecular weight is 959 g/mol. The molecule has 67 heavy (non-hydrogen) atoms. The Morgan fingerprint density at radius 1 is 0.701 bits per heavy atom. The van der Waals surface area contributed by atoms with E-state index in [1.165, 1.54) is 0 Å². The van der Waals surface area contributed by atoms with Crippen molar-refractivity contribution in [2.75, 3.05) is 19.8 Å². The molecule has 0 aromatic rings. The lowest BCUT2D eigenvalue weighted by Gasteiger charge is -2.71. The molecule has 12 N–H and O–H groups in total. The number of allylic oxidation sites excluding steroid dienone is 2. The number of aliphatic hydroxyl groups is 10. The molecular formula is C47H74O20. The predicted molar refractivity (Wildman–Crippen MR) is 228 cm³/mol. The first kappa shape index (κ1) is 51.4. The van der Waals surface area contributed by atoms with Crippen LogP contribution in [0.15, 0.2) is 11.6 Å². The lowest BCUT2D eigenvalue weighted by Crippen LogP contribution is -2.68. The van der Waals surface area contributed by atoms with Gasteiger partial charge in [0.2, 0.25) is 0 Å². The third-order valence-electron chi connectivity index (χ3n) is 19.1. The fourth-order valence-corrected chi connectivity index (χ4v) is 15.0. The molecule has 5 aliphatic carbocycles. The standard InChI is InChI=1S/C47H74O20/c1-42(2)25-9-10-46(6)26(44(25,4)16-22(49)36(42)67-39-33(57)29(53)31(55)34(65-39)37(58)59)8-7-20-21-15-43(3,11-13-47(21,41(60)61)14-12-45(20,46)5)19-63-40-35(30(54)28(52)24(17-48)64-40)66-38-32(56)27(51)23(50)18-62-38/h7,21-36,38-40,48-57H,8-19H2,1-6H3,(H,58,59)(H,60,61). The molecule has 0 amide bonds. The molecule has 24 atom stereocenters. The summed E-state index contributed by atoms with van der Waals surface area (Å²) in [5.74, 6) is -2.77. The van der Waals surface area contributed by atoms with Crippen LogP contribution in [0.5, 0.6) is 0 Å². The van der Waals surface area contributed by atoms with Crippen molar-refractivity contribution >= 4 is 11.9 Å². The quantitative estimate of drug-likeness (QED) is 0.0959. The van der Waals surface area contributed by atoms with Crippen LogP contribution < -0.4 is 0 Å². The summed E-state index contributed by atoms with van der Waals surface area (Å²) in [6.45, 7) is 11.7. The van der Waals surface area contributed by atoms with E-state index in [2.05, 4.69) is 26.8 Å². The van der Waals surface area contributed by atoms with Gasteiger partial charge >= 0.3 is 11.9 Å². The van der Waals surface area contributed by atoms with Crippen LogP contribution in [0.1, 0.15) is 99.3 Å². The fourth-order valence-electron chi connectivity index (χ4n) is 15.0. The molecule has 20 nitrogen and oxygen atoms in total. The minimum atomic E-state index is -1.89. The van der Waals surface area contributed by atoms with Gasteiger partial charge in [0, 0.05) is 0 Å². The van der Waals surface area contributed by atoms with Crippen LogP contribution >= 0.6 is 0 Å². The van der Waals surface area contributed by atoms with E-state index in [0.29, 0.717) is 44.9 Å². The number of carbonyl (C=O) groups is 2. The Morgan fingerprint density at radius 3 is 2.03 bits per heavy atom. The molecule has 24 unspecified atom stereocenters. The van der Waals surface area contributed by atoms with Crippen LogP contribution in [-0.2, 0) is 38.0 Å². The summed E-state index contributed by atoms with van der Waals surface area (Å²) in [6, 6.07) is 0. The maximum atomic E-state index is 13.6. The molecule has 8 aliphatic rings. The first-order chi connectivity index (χ1) is 31.2. The van der Waals surface area contributed by atoms with Crippen molar-refractivity contribution in [3.05, 3.63) is 11.6 Å². The Bertz CT molecular complexity index is 1880. The zero-order valence-corrected chi connectivity index (χ0v) is 39.2. The molecule has 382 valence electrons. The lowest BCUT2D eigenvalue weighted by molar-refractivity contribution is -0.359. The minimum Gasteiger partial charge on any atom is -0.481 e. The SMILES string of the molecule is CC1(COC2OC(CO)C(O)C(O)C2OC2OCC(O)C(O)C2O)CCC2(C(=O)O)CCC3(C)C(=CCC4C5(C)CC(O)C(OC6OC(C(=O)O)C(O)C(O)C6O)C(C)(C)C5CCC43C)C2C1. The van der Waals surface area contributed by atoms with E-state index >= 15 is 0 Å². The molecule has 0 aromatic heterocycles. The number of aliphatic hydroxyl groups excluding tert-OH is 10. The summed E-state index contributed by atoms with van der Waals surface area (Å²) in [5.41, 5.74) is -2.59. The van der Waals surface area contributed by atoms with Gasteiger partial charge in [0.1, 0.15) is 61.0 Å². The fraction of sp³-hybridized carbons (Fsp3) is 0.915. The number of carboxylic acid groups (broad SMARTS) is 2. The van der Waals surface area contributed by atoms with Gasteiger partial charge in [-0.15, -0.1) is 0 Å². The number of carboxylic acids is 2. The first-order valence-electron chi connectivity index (χ1n) is 24.0. The second-order valence-electron chi connectivity index (χ2n) is 23.1. The molecule has 7 fully saturated rings. The van der Waals surface area contributed by atoms with E-state index in [4.69, 9.17) is 28.4 Å². The number of ether oxygens (including phenoxy) is 6. The van der Waals surface area contributed by atoms with Crippen molar-refractivity contribution in [3.63, 3.8) is 0 Å². The Morgan fingerprint density at radius 2 is 1.37 bits per heavy atom. The lowest BCUT2D eigenvalue weighted by atomic mass is 9.33. The van der Waals surface area contributed by atoms with Gasteiger partial charge in [0.05, 0.1) is 37.4 Å². The number of hydrogen-bond donors (Lipinski definition) is 12. The van der Waals surface area contributed by atoms with Crippen molar-refractivity contribution in [1.82, 2.24) is 0 Å². The van der Waals surface area contributed by atoms with Crippen molar-refractivity contribution in [2.45, 2.75) is 198 Å². The summed E-state index contributed by atoms with van der Waals surface area (Å²) in [7, 11) is 0. The first-order valence-corrected chi connectivity index (χ1v) is 24.0. The number of hydrogen-bond acceptors (Lipinski definition) is 18. The highest BCUT2D eigenvalue weighted by Gasteiger charge is 2.71. The molecule has 20 heteroatoms. The topological polar surface area (TPSA) is 332 Å². The Balaban J connectivity index is 1.04. The second kappa shape index (κ2) is 18.0. The van der Waals surface area contributed by atoms with Crippen LogP contribution in [-0.4, -0.2) is 191 Å². The van der Waals surface area contributed by atoms with Gasteiger partial charge in [-0.05, 0) is 103 Å². The van der Waals surface area contributed by atoms with Gasteiger partial charge in [0.15, 0.2) is 25.0 Å². The van der Waals surface area contributed by atoms with Gasteiger partial charge in [0.25, 0.3) is 0 Å². The molecule has 0 aromatic carbocycles. The van der Waals surface area contributed by atoms with Gasteiger partial charge < -0.3 is 89.7 Å². The minimum absolute atomic E-state index is 0.000611. The van der Waals surface area contributed by atoms with Crippen LogP contribution in [0.25, 0.3) is 0 Å². The van der Waals surface area contributed by atoms with Crippen molar-refractivity contribution in [3.8, 4) is 0 Å². The van der Waals surface area contributed by atoms with Crippen molar-refractivity contribution in [1.29, 1.82) is 0 Å². The Hall–Kier alpha value is -1.96. The normalized spacial score (nSPS) is 54.1. The maximum Gasteiger partial charge on any atom is 0.335 e. The van der Waals surface area contributed by atoms with E-state index < -0.39 is 144 Å². The number of aliphatic carboxylic acids is 2. The van der Waals surface area contributed by atoms with E-state index in [9.17, 15) is 70.9 Å². The zero-order valence-electron chi connectivity index (χ0n) is 39.2. The molecular weight excluding hydrogens is 884 g/mol. The van der Waals surface area contributed by atoms with Crippen molar-refractivity contribution < 1.29 is 99.3 Å². The maximum absolute atomic E-state index is 13.6. The highest BCUT2D eigenvalue weighted by Crippen LogP contribution is 2.76. The second-order valence-corrected chi connectivity index (χ2v) is 23.1. The third-order valence-corrected chi connectivity index (χ3v) is 19.1. The smallest absolute Gasteiger partial charge is 0.335 e. The summed E-state index contributed by atoms with van der Waals surface area (Å²) < 4.78 is 35.4. The van der Waals surface area contributed by atoms with E-state index in [1.54, 1.807) is 0 Å². The molecule has 0 radical (unpaired) electrons. The molecule has 8 rings (SSSR count). The molecule has 4 saturated carbocycles. The molecule has 3 saturated heterocycles.